The number of rotatable bonds is 10. The van der Waals surface area contributed by atoms with Gasteiger partial charge in [0.15, 0.2) is 23.0 Å². The average molecular weight is 348 g/mol. The molecule has 7 heteroatoms. The van der Waals surface area contributed by atoms with Gasteiger partial charge in [-0.25, -0.2) is 0 Å². The minimum Gasteiger partial charge on any atom is -0.490 e. The molecule has 0 atom stereocenters. The van der Waals surface area contributed by atoms with E-state index in [0.717, 1.165) is 11.3 Å². The first-order valence-corrected chi connectivity index (χ1v) is 8.29. The molecule has 0 fully saturated rings. The van der Waals surface area contributed by atoms with Crippen molar-refractivity contribution in [1.82, 2.24) is 10.5 Å². The Kier molecular flexibility index (Phi) is 7.28. The van der Waals surface area contributed by atoms with Gasteiger partial charge in [0.1, 0.15) is 6.61 Å². The highest BCUT2D eigenvalue weighted by atomic mass is 16.5. The molecule has 2 aromatic rings. The summed E-state index contributed by atoms with van der Waals surface area (Å²) >= 11 is 0. The van der Waals surface area contributed by atoms with Crippen LogP contribution in [-0.2, 0) is 17.8 Å². The smallest absolute Gasteiger partial charge is 0.273 e. The lowest BCUT2D eigenvalue weighted by Crippen LogP contribution is -2.25. The minimum absolute atomic E-state index is 0.244. The number of hydrogen-bond acceptors (Lipinski definition) is 6. The number of hydrogen-bond donors (Lipinski definition) is 1. The fraction of sp³-hybridized carbons (Fsp3) is 0.444. The van der Waals surface area contributed by atoms with Gasteiger partial charge < -0.3 is 24.1 Å². The van der Waals surface area contributed by atoms with Crippen LogP contribution in [0.25, 0.3) is 0 Å². The van der Waals surface area contributed by atoms with Crippen molar-refractivity contribution in [2.75, 3.05) is 26.9 Å². The van der Waals surface area contributed by atoms with Gasteiger partial charge in [-0.2, -0.15) is 0 Å². The molecule has 0 saturated carbocycles. The molecule has 1 aromatic heterocycles. The van der Waals surface area contributed by atoms with Gasteiger partial charge in [0.2, 0.25) is 0 Å². The first-order chi connectivity index (χ1) is 12.2. The number of ether oxygens (including phenoxy) is 3. The third-order valence-electron chi connectivity index (χ3n) is 3.39. The first kappa shape index (κ1) is 18.8. The number of benzene rings is 1. The van der Waals surface area contributed by atoms with E-state index >= 15 is 0 Å². The molecular formula is C18H24N2O5. The maximum absolute atomic E-state index is 12.0. The summed E-state index contributed by atoms with van der Waals surface area (Å²) < 4.78 is 21.1. The van der Waals surface area contributed by atoms with E-state index in [4.69, 9.17) is 18.7 Å². The van der Waals surface area contributed by atoms with Crippen LogP contribution in [0.5, 0.6) is 11.5 Å². The van der Waals surface area contributed by atoms with Crippen molar-refractivity contribution in [1.29, 1.82) is 0 Å². The molecule has 1 heterocycles. The molecule has 1 amide bonds. The third-order valence-corrected chi connectivity index (χ3v) is 3.39. The van der Waals surface area contributed by atoms with E-state index in [-0.39, 0.29) is 18.2 Å². The molecule has 0 radical (unpaired) electrons. The lowest BCUT2D eigenvalue weighted by Gasteiger charge is -2.12. The maximum Gasteiger partial charge on any atom is 0.273 e. The Bertz CT molecular complexity index is 684. The highest BCUT2D eigenvalue weighted by Crippen LogP contribution is 2.28. The van der Waals surface area contributed by atoms with Crippen molar-refractivity contribution < 1.29 is 23.5 Å². The minimum atomic E-state index is -0.276. The van der Waals surface area contributed by atoms with Crippen LogP contribution in [-0.4, -0.2) is 37.9 Å². The Morgan fingerprint density at radius 3 is 2.64 bits per heavy atom. The molecule has 0 spiro atoms. The second kappa shape index (κ2) is 9.68. The van der Waals surface area contributed by atoms with Crippen molar-refractivity contribution in [2.24, 2.45) is 0 Å². The maximum atomic E-state index is 12.0. The predicted molar refractivity (Wildman–Crippen MR) is 92.0 cm³/mol. The van der Waals surface area contributed by atoms with E-state index in [1.807, 2.05) is 32.0 Å². The van der Waals surface area contributed by atoms with E-state index in [0.29, 0.717) is 37.7 Å². The van der Waals surface area contributed by atoms with Crippen LogP contribution in [0.1, 0.15) is 35.7 Å². The Hall–Kier alpha value is -2.54. The molecule has 136 valence electrons. The zero-order valence-electron chi connectivity index (χ0n) is 14.8. The largest absolute Gasteiger partial charge is 0.490 e. The molecule has 0 aliphatic carbocycles. The van der Waals surface area contributed by atoms with Crippen LogP contribution in [0.15, 0.2) is 28.8 Å². The number of nitrogens with zero attached hydrogens (tertiary/aromatic N) is 1. The average Bonchev–Trinajstić information content (AvgIpc) is 3.06. The highest BCUT2D eigenvalue weighted by molar-refractivity contribution is 5.92. The van der Waals surface area contributed by atoms with E-state index in [1.165, 1.54) is 0 Å². The van der Waals surface area contributed by atoms with Gasteiger partial charge in [-0.05, 0) is 38.0 Å². The van der Waals surface area contributed by atoms with E-state index in [1.54, 1.807) is 13.2 Å². The van der Waals surface area contributed by atoms with Crippen molar-refractivity contribution in [3.05, 3.63) is 41.3 Å². The summed E-state index contributed by atoms with van der Waals surface area (Å²) in [4.78, 5) is 12.0. The molecule has 0 aliphatic heterocycles. The van der Waals surface area contributed by atoms with Gasteiger partial charge >= 0.3 is 0 Å². The van der Waals surface area contributed by atoms with Gasteiger partial charge in [-0.3, -0.25) is 4.79 Å². The zero-order valence-corrected chi connectivity index (χ0v) is 14.8. The normalized spacial score (nSPS) is 10.5. The van der Waals surface area contributed by atoms with Crippen LogP contribution in [0.4, 0.5) is 0 Å². The summed E-state index contributed by atoms with van der Waals surface area (Å²) in [6.45, 7) is 5.77. The number of nitrogens with one attached hydrogen (secondary N) is 1. The summed E-state index contributed by atoms with van der Waals surface area (Å²) in [6.07, 6.45) is 0.668. The van der Waals surface area contributed by atoms with E-state index < -0.39 is 0 Å². The third kappa shape index (κ3) is 5.49. The molecule has 0 aliphatic rings. The first-order valence-electron chi connectivity index (χ1n) is 8.29. The fourth-order valence-corrected chi connectivity index (χ4v) is 2.29. The van der Waals surface area contributed by atoms with Gasteiger partial charge in [-0.15, -0.1) is 0 Å². The van der Waals surface area contributed by atoms with Gasteiger partial charge in [-0.1, -0.05) is 11.2 Å². The van der Waals surface area contributed by atoms with Crippen LogP contribution >= 0.6 is 0 Å². The summed E-state index contributed by atoms with van der Waals surface area (Å²) in [6, 6.07) is 7.36. The molecular weight excluding hydrogens is 324 g/mol. The van der Waals surface area contributed by atoms with Crippen molar-refractivity contribution in [2.45, 2.75) is 26.9 Å². The van der Waals surface area contributed by atoms with Gasteiger partial charge in [0.25, 0.3) is 5.91 Å². The Morgan fingerprint density at radius 2 is 1.92 bits per heavy atom. The van der Waals surface area contributed by atoms with Gasteiger partial charge in [0, 0.05) is 19.7 Å². The molecule has 1 N–H and O–H groups in total. The second-order valence-electron chi connectivity index (χ2n) is 5.26. The van der Waals surface area contributed by atoms with Crippen LogP contribution in [0, 0.1) is 0 Å². The Balaban J connectivity index is 1.89. The van der Waals surface area contributed by atoms with E-state index in [9.17, 15) is 4.79 Å². The van der Waals surface area contributed by atoms with Crippen LogP contribution in [0.3, 0.4) is 0 Å². The number of methoxy groups -OCH3 is 1. The molecule has 25 heavy (non-hydrogen) atoms. The second-order valence-corrected chi connectivity index (χ2v) is 5.26. The lowest BCUT2D eigenvalue weighted by molar-refractivity contribution is 0.0944. The fourth-order valence-electron chi connectivity index (χ4n) is 2.29. The summed E-state index contributed by atoms with van der Waals surface area (Å²) in [5.74, 6) is 1.68. The number of carbonyl (C=O) groups excluding carboxylic acids is 1. The number of carbonyl (C=O) groups is 1. The van der Waals surface area contributed by atoms with Crippen molar-refractivity contribution in [3.8, 4) is 11.5 Å². The van der Waals surface area contributed by atoms with E-state index in [2.05, 4.69) is 10.5 Å². The van der Waals surface area contributed by atoms with Crippen molar-refractivity contribution in [3.63, 3.8) is 0 Å². The molecule has 1 aromatic carbocycles. The molecule has 0 bridgehead atoms. The standard InChI is InChI=1S/C18H24N2O5/c1-4-23-16-7-6-13(10-17(16)24-5-2)8-9-19-18(21)15-11-14(12-22-3)25-20-15/h6-7,10-11H,4-5,8-9,12H2,1-3H3,(H,19,21). The molecule has 0 unspecified atom stereocenters. The molecule has 7 nitrogen and oxygen atoms in total. The summed E-state index contributed by atoms with van der Waals surface area (Å²) in [5.41, 5.74) is 1.29. The molecule has 0 saturated heterocycles. The topological polar surface area (TPSA) is 82.8 Å². The quantitative estimate of drug-likeness (QED) is 0.711. The monoisotopic (exact) mass is 348 g/mol. The Morgan fingerprint density at radius 1 is 1.16 bits per heavy atom. The van der Waals surface area contributed by atoms with Crippen LogP contribution in [0.2, 0.25) is 0 Å². The SMILES string of the molecule is CCOc1ccc(CCNC(=O)c2cc(COC)on2)cc1OCC. The molecule has 2 rings (SSSR count). The highest BCUT2D eigenvalue weighted by Gasteiger charge is 2.12. The summed E-state index contributed by atoms with van der Waals surface area (Å²) in [5, 5.41) is 6.55. The predicted octanol–water partition coefficient (Wildman–Crippen LogP) is 2.59. The summed E-state index contributed by atoms with van der Waals surface area (Å²) in [7, 11) is 1.55. The zero-order chi connectivity index (χ0) is 18.1. The number of amides is 1. The Labute approximate surface area is 147 Å². The van der Waals surface area contributed by atoms with Gasteiger partial charge in [0.05, 0.1) is 13.2 Å². The number of aromatic nitrogens is 1. The van der Waals surface area contributed by atoms with Crippen LogP contribution < -0.4 is 14.8 Å². The lowest BCUT2D eigenvalue weighted by atomic mass is 10.1. The van der Waals surface area contributed by atoms with Crippen molar-refractivity contribution >= 4 is 5.91 Å².